The van der Waals surface area contributed by atoms with Gasteiger partial charge in [0.15, 0.2) is 0 Å². The van der Waals surface area contributed by atoms with Gasteiger partial charge in [-0.2, -0.15) is 0 Å². The van der Waals surface area contributed by atoms with Crippen molar-refractivity contribution in [3.8, 4) is 0 Å². The molecule has 0 aliphatic carbocycles. The molecule has 3 rings (SSSR count). The summed E-state index contributed by atoms with van der Waals surface area (Å²) in [5.74, 6) is 1.09. The van der Waals surface area contributed by atoms with Gasteiger partial charge in [0.2, 0.25) is 0 Å². The topological polar surface area (TPSA) is 54.6 Å². The van der Waals surface area contributed by atoms with Gasteiger partial charge in [0.05, 0.1) is 13.2 Å². The van der Waals surface area contributed by atoms with Crippen molar-refractivity contribution in [2.24, 2.45) is 5.73 Å². The number of anilines is 1. The number of rotatable bonds is 3. The van der Waals surface area contributed by atoms with Gasteiger partial charge in [0, 0.05) is 44.5 Å². The molecule has 3 heterocycles. The number of morpholine rings is 1. The van der Waals surface area contributed by atoms with E-state index >= 15 is 0 Å². The second-order valence-corrected chi connectivity index (χ2v) is 5.65. The highest BCUT2D eigenvalue weighted by molar-refractivity contribution is 5.43. The lowest BCUT2D eigenvalue weighted by molar-refractivity contribution is 0.0209. The van der Waals surface area contributed by atoms with Gasteiger partial charge in [-0.15, -0.1) is 0 Å². The summed E-state index contributed by atoms with van der Waals surface area (Å²) in [6.45, 7) is 8.66. The van der Waals surface area contributed by atoms with Crippen molar-refractivity contribution in [2.45, 2.75) is 25.9 Å². The molecule has 2 fully saturated rings. The Hall–Kier alpha value is -1.17. The zero-order valence-electron chi connectivity index (χ0n) is 12.2. The Bertz CT molecular complexity index is 459. The number of aromatic nitrogens is 1. The summed E-state index contributed by atoms with van der Waals surface area (Å²) in [4.78, 5) is 9.66. The first kappa shape index (κ1) is 13.8. The van der Waals surface area contributed by atoms with Crippen molar-refractivity contribution in [3.05, 3.63) is 23.4 Å². The minimum atomic E-state index is 0.565. The Morgan fingerprint density at radius 3 is 2.80 bits per heavy atom. The molecule has 110 valence electrons. The van der Waals surface area contributed by atoms with Gasteiger partial charge in [0.25, 0.3) is 0 Å². The standard InChI is InChI=1S/C15H24N4O/c1-12-13(10-16)2-3-15(17-12)19-5-4-14(11-19)18-6-8-20-9-7-18/h2-3,14H,4-11,16H2,1H3. The molecule has 0 amide bonds. The average Bonchev–Trinajstić information content (AvgIpc) is 2.98. The summed E-state index contributed by atoms with van der Waals surface area (Å²) in [5, 5.41) is 0. The molecule has 2 saturated heterocycles. The van der Waals surface area contributed by atoms with Crippen molar-refractivity contribution in [1.29, 1.82) is 0 Å². The molecular formula is C15H24N4O. The van der Waals surface area contributed by atoms with Crippen LogP contribution in [0.4, 0.5) is 5.82 Å². The molecule has 1 atom stereocenters. The third-order valence-corrected chi connectivity index (χ3v) is 4.45. The fourth-order valence-corrected chi connectivity index (χ4v) is 3.16. The van der Waals surface area contributed by atoms with E-state index in [4.69, 9.17) is 15.5 Å². The molecule has 5 nitrogen and oxygen atoms in total. The molecule has 2 aliphatic heterocycles. The van der Waals surface area contributed by atoms with Gasteiger partial charge in [-0.25, -0.2) is 4.98 Å². The Morgan fingerprint density at radius 1 is 1.30 bits per heavy atom. The summed E-state index contributed by atoms with van der Waals surface area (Å²) >= 11 is 0. The zero-order chi connectivity index (χ0) is 13.9. The molecule has 1 aromatic rings. The first-order chi connectivity index (χ1) is 9.78. The minimum Gasteiger partial charge on any atom is -0.379 e. The van der Waals surface area contributed by atoms with E-state index in [9.17, 15) is 0 Å². The second kappa shape index (κ2) is 6.08. The number of aryl methyl sites for hydroxylation is 1. The van der Waals surface area contributed by atoms with Crippen LogP contribution in [-0.2, 0) is 11.3 Å². The zero-order valence-corrected chi connectivity index (χ0v) is 12.2. The van der Waals surface area contributed by atoms with Crippen LogP contribution in [0.1, 0.15) is 17.7 Å². The van der Waals surface area contributed by atoms with Gasteiger partial charge >= 0.3 is 0 Å². The van der Waals surface area contributed by atoms with Crippen molar-refractivity contribution in [3.63, 3.8) is 0 Å². The van der Waals surface area contributed by atoms with Crippen molar-refractivity contribution in [1.82, 2.24) is 9.88 Å². The Balaban J connectivity index is 1.65. The van der Waals surface area contributed by atoms with Crippen LogP contribution < -0.4 is 10.6 Å². The molecule has 2 aliphatic rings. The number of pyridine rings is 1. The van der Waals surface area contributed by atoms with Crippen molar-refractivity contribution >= 4 is 5.82 Å². The van der Waals surface area contributed by atoms with Gasteiger partial charge in [-0.1, -0.05) is 6.07 Å². The maximum Gasteiger partial charge on any atom is 0.128 e. The minimum absolute atomic E-state index is 0.565. The fraction of sp³-hybridized carbons (Fsp3) is 0.667. The van der Waals surface area contributed by atoms with Crippen LogP contribution >= 0.6 is 0 Å². The predicted octanol–water partition coefficient (Wildman–Crippen LogP) is 0.760. The Kier molecular flexibility index (Phi) is 4.19. The van der Waals surface area contributed by atoms with Crippen LogP contribution in [0.5, 0.6) is 0 Å². The first-order valence-corrected chi connectivity index (χ1v) is 7.51. The largest absolute Gasteiger partial charge is 0.379 e. The van der Waals surface area contributed by atoms with Crippen LogP contribution in [0.25, 0.3) is 0 Å². The van der Waals surface area contributed by atoms with E-state index < -0.39 is 0 Å². The third kappa shape index (κ3) is 2.80. The average molecular weight is 276 g/mol. The molecule has 5 heteroatoms. The summed E-state index contributed by atoms with van der Waals surface area (Å²) in [6.07, 6.45) is 1.22. The smallest absolute Gasteiger partial charge is 0.128 e. The molecule has 0 bridgehead atoms. The van der Waals surface area contributed by atoms with Crippen LogP contribution in [0.15, 0.2) is 12.1 Å². The highest BCUT2D eigenvalue weighted by Gasteiger charge is 2.29. The van der Waals surface area contributed by atoms with E-state index in [1.54, 1.807) is 0 Å². The van der Waals surface area contributed by atoms with E-state index in [1.165, 1.54) is 6.42 Å². The Morgan fingerprint density at radius 2 is 2.10 bits per heavy atom. The lowest BCUT2D eigenvalue weighted by Crippen LogP contribution is -2.44. The van der Waals surface area contributed by atoms with E-state index in [1.807, 2.05) is 6.92 Å². The van der Waals surface area contributed by atoms with Crippen LogP contribution in [0.3, 0.4) is 0 Å². The predicted molar refractivity (Wildman–Crippen MR) is 79.9 cm³/mol. The highest BCUT2D eigenvalue weighted by Crippen LogP contribution is 2.23. The maximum atomic E-state index is 5.70. The Labute approximate surface area is 120 Å². The molecule has 1 unspecified atom stereocenters. The van der Waals surface area contributed by atoms with E-state index in [2.05, 4.69) is 21.9 Å². The summed E-state index contributed by atoms with van der Waals surface area (Å²) in [5.41, 5.74) is 7.89. The molecule has 0 spiro atoms. The summed E-state index contributed by atoms with van der Waals surface area (Å²) in [7, 11) is 0. The molecule has 2 N–H and O–H groups in total. The normalized spacial score (nSPS) is 24.3. The molecule has 0 radical (unpaired) electrons. The monoisotopic (exact) mass is 276 g/mol. The molecule has 0 saturated carbocycles. The highest BCUT2D eigenvalue weighted by atomic mass is 16.5. The fourth-order valence-electron chi connectivity index (χ4n) is 3.16. The summed E-state index contributed by atoms with van der Waals surface area (Å²) < 4.78 is 5.43. The quantitative estimate of drug-likeness (QED) is 0.883. The number of nitrogens with zero attached hydrogens (tertiary/aromatic N) is 3. The van der Waals surface area contributed by atoms with Crippen LogP contribution in [0.2, 0.25) is 0 Å². The van der Waals surface area contributed by atoms with E-state index in [-0.39, 0.29) is 0 Å². The first-order valence-electron chi connectivity index (χ1n) is 7.51. The molecule has 20 heavy (non-hydrogen) atoms. The number of hydrogen-bond acceptors (Lipinski definition) is 5. The van der Waals surface area contributed by atoms with E-state index in [0.29, 0.717) is 12.6 Å². The molecular weight excluding hydrogens is 252 g/mol. The molecule has 1 aromatic heterocycles. The van der Waals surface area contributed by atoms with Gasteiger partial charge < -0.3 is 15.4 Å². The van der Waals surface area contributed by atoms with Crippen LogP contribution in [-0.4, -0.2) is 55.3 Å². The van der Waals surface area contributed by atoms with Gasteiger partial charge in [-0.3, -0.25) is 4.90 Å². The maximum absolute atomic E-state index is 5.70. The van der Waals surface area contributed by atoms with Crippen LogP contribution in [0, 0.1) is 6.92 Å². The number of ether oxygens (including phenoxy) is 1. The molecule has 0 aromatic carbocycles. The summed E-state index contributed by atoms with van der Waals surface area (Å²) in [6, 6.07) is 4.87. The number of hydrogen-bond donors (Lipinski definition) is 1. The van der Waals surface area contributed by atoms with Crippen molar-refractivity contribution in [2.75, 3.05) is 44.3 Å². The SMILES string of the molecule is Cc1nc(N2CCC(N3CCOCC3)C2)ccc1CN. The second-order valence-electron chi connectivity index (χ2n) is 5.65. The van der Waals surface area contributed by atoms with Gasteiger partial charge in [0.1, 0.15) is 5.82 Å². The van der Waals surface area contributed by atoms with Crippen molar-refractivity contribution < 1.29 is 4.74 Å². The number of nitrogens with two attached hydrogens (primary N) is 1. The lowest BCUT2D eigenvalue weighted by atomic mass is 10.2. The van der Waals surface area contributed by atoms with E-state index in [0.717, 1.165) is 56.5 Å². The van der Waals surface area contributed by atoms with Gasteiger partial charge in [-0.05, 0) is 25.0 Å². The third-order valence-electron chi connectivity index (χ3n) is 4.45. The lowest BCUT2D eigenvalue weighted by Gasteiger charge is -2.32.